The van der Waals surface area contributed by atoms with E-state index in [9.17, 15) is 24.9 Å². The third-order valence-electron chi connectivity index (χ3n) is 9.30. The molecule has 0 bridgehead atoms. The summed E-state index contributed by atoms with van der Waals surface area (Å²) in [5.74, 6) is -0.454. The van der Waals surface area contributed by atoms with Crippen molar-refractivity contribution >= 4 is 11.8 Å². The summed E-state index contributed by atoms with van der Waals surface area (Å²) in [4.78, 5) is 27.2. The van der Waals surface area contributed by atoms with E-state index in [1.54, 1.807) is 4.90 Å². The number of unbranched alkanes of at least 4 members (excludes halogenated alkanes) is 20. The number of hydrogen-bond acceptors (Lipinski definition) is 6. The minimum Gasteiger partial charge on any atom is -0.394 e. The van der Waals surface area contributed by atoms with Crippen LogP contribution in [0.4, 0.5) is 0 Å². The molecule has 0 aliphatic carbocycles. The molecule has 1 saturated heterocycles. The lowest BCUT2D eigenvalue weighted by Gasteiger charge is -2.46. The van der Waals surface area contributed by atoms with E-state index in [0.717, 1.165) is 51.4 Å². The van der Waals surface area contributed by atoms with Gasteiger partial charge >= 0.3 is 0 Å². The Balaban J connectivity index is 2.55. The number of aliphatic hydroxyl groups is 3. The van der Waals surface area contributed by atoms with Gasteiger partial charge in [-0.3, -0.25) is 9.59 Å². The summed E-state index contributed by atoms with van der Waals surface area (Å²) in [6.45, 7) is 5.78. The van der Waals surface area contributed by atoms with Crippen molar-refractivity contribution in [3.63, 3.8) is 0 Å². The first-order chi connectivity index (χ1) is 22.4. The highest BCUT2D eigenvalue weighted by Gasteiger charge is 2.47. The summed E-state index contributed by atoms with van der Waals surface area (Å²) >= 11 is 0. The normalized spacial score (nSPS) is 21.6. The molecule has 1 rings (SSSR count). The van der Waals surface area contributed by atoms with E-state index >= 15 is 0 Å². The molecular formula is C38H72N2O6. The molecule has 1 aliphatic rings. The topological polar surface area (TPSA) is 119 Å². The van der Waals surface area contributed by atoms with Crippen LogP contribution in [0.2, 0.25) is 0 Å². The molecule has 0 aromatic rings. The summed E-state index contributed by atoms with van der Waals surface area (Å²) in [6, 6.07) is -0.975. The fraction of sp³-hybridized carbons (Fsp3) is 0.895. The number of aliphatic hydroxyl groups excluding tert-OH is 3. The van der Waals surface area contributed by atoms with Crippen molar-refractivity contribution in [1.29, 1.82) is 0 Å². The molecular weight excluding hydrogens is 580 g/mol. The van der Waals surface area contributed by atoms with Gasteiger partial charge in [-0.25, -0.2) is 0 Å². The zero-order chi connectivity index (χ0) is 33.8. The second kappa shape index (κ2) is 28.5. The zero-order valence-electron chi connectivity index (χ0n) is 29.9. The predicted octanol–water partition coefficient (Wildman–Crippen LogP) is 7.72. The van der Waals surface area contributed by atoms with E-state index in [1.165, 1.54) is 103 Å². The molecule has 0 aromatic carbocycles. The van der Waals surface area contributed by atoms with Crippen molar-refractivity contribution < 1.29 is 29.6 Å². The summed E-state index contributed by atoms with van der Waals surface area (Å²) < 4.78 is 6.01. The fourth-order valence-electron chi connectivity index (χ4n) is 6.41. The van der Waals surface area contributed by atoms with Crippen LogP contribution >= 0.6 is 0 Å². The molecule has 1 heterocycles. The molecule has 0 radical (unpaired) electrons. The van der Waals surface area contributed by atoms with Gasteiger partial charge in [0.15, 0.2) is 6.23 Å². The van der Waals surface area contributed by atoms with Gasteiger partial charge in [0, 0.05) is 19.9 Å². The van der Waals surface area contributed by atoms with Crippen molar-refractivity contribution in [2.75, 3.05) is 13.2 Å². The Morgan fingerprint density at radius 1 is 0.674 bits per heavy atom. The number of amides is 2. The third-order valence-corrected chi connectivity index (χ3v) is 9.30. The molecule has 0 saturated carbocycles. The van der Waals surface area contributed by atoms with Crippen LogP contribution in [-0.2, 0) is 14.3 Å². The van der Waals surface area contributed by atoms with Crippen molar-refractivity contribution in [3.8, 4) is 0 Å². The average Bonchev–Trinajstić information content (AvgIpc) is 3.04. The Morgan fingerprint density at radius 2 is 1.13 bits per heavy atom. The van der Waals surface area contributed by atoms with Crippen molar-refractivity contribution in [1.82, 2.24) is 10.2 Å². The van der Waals surface area contributed by atoms with Gasteiger partial charge in [-0.1, -0.05) is 135 Å². The highest BCUT2D eigenvalue weighted by atomic mass is 16.5. The molecule has 270 valence electrons. The molecule has 1 aliphatic heterocycles. The largest absolute Gasteiger partial charge is 0.394 e. The predicted molar refractivity (Wildman–Crippen MR) is 188 cm³/mol. The highest BCUT2D eigenvalue weighted by Crippen LogP contribution is 2.26. The van der Waals surface area contributed by atoms with E-state index in [-0.39, 0.29) is 11.8 Å². The molecule has 8 nitrogen and oxygen atoms in total. The number of nitrogens with zero attached hydrogens (tertiary/aromatic N) is 1. The van der Waals surface area contributed by atoms with Gasteiger partial charge in [-0.05, 0) is 38.5 Å². The first kappa shape index (κ1) is 42.5. The van der Waals surface area contributed by atoms with Gasteiger partial charge in [0.25, 0.3) is 0 Å². The number of carbonyl (C=O) groups is 2. The van der Waals surface area contributed by atoms with Gasteiger partial charge in [-0.2, -0.15) is 0 Å². The van der Waals surface area contributed by atoms with Gasteiger partial charge in [-0.15, -0.1) is 0 Å². The van der Waals surface area contributed by atoms with E-state index < -0.39 is 37.2 Å². The smallest absolute Gasteiger partial charge is 0.224 e. The van der Waals surface area contributed by atoms with Crippen molar-refractivity contribution in [2.24, 2.45) is 0 Å². The first-order valence-corrected chi connectivity index (χ1v) is 19.2. The van der Waals surface area contributed by atoms with Crippen LogP contribution in [0, 0.1) is 0 Å². The van der Waals surface area contributed by atoms with Crippen molar-refractivity contribution in [2.45, 2.75) is 205 Å². The van der Waals surface area contributed by atoms with Gasteiger partial charge in [0.05, 0.1) is 6.61 Å². The van der Waals surface area contributed by atoms with Crippen molar-refractivity contribution in [3.05, 3.63) is 12.2 Å². The number of carbonyl (C=O) groups excluding carboxylic acids is 2. The molecule has 2 amide bonds. The molecule has 0 spiro atoms. The lowest BCUT2D eigenvalue weighted by atomic mass is 9.94. The average molecular weight is 653 g/mol. The molecule has 0 aromatic heterocycles. The van der Waals surface area contributed by atoms with Gasteiger partial charge < -0.3 is 30.3 Å². The van der Waals surface area contributed by atoms with Crippen LogP contribution in [-0.4, -0.2) is 75.8 Å². The third kappa shape index (κ3) is 19.4. The SMILES string of the molecule is CCCCCCCC/C=C\CCCCCCCC(=O)N(CCCCCCCCCCCC)C1O[C@H](CO)[C@@H](O)[C@H](O)[C@H]1NC(C)=O. The van der Waals surface area contributed by atoms with Crippen LogP contribution in [0.3, 0.4) is 0 Å². The van der Waals surface area contributed by atoms with Crippen LogP contribution in [0.15, 0.2) is 12.2 Å². The number of ether oxygens (including phenoxy) is 1. The van der Waals surface area contributed by atoms with Crippen LogP contribution < -0.4 is 5.32 Å². The number of hydrogen-bond donors (Lipinski definition) is 4. The van der Waals surface area contributed by atoms with Gasteiger partial charge in [0.2, 0.25) is 11.8 Å². The number of rotatable bonds is 29. The number of nitrogens with one attached hydrogen (secondary N) is 1. The number of allylic oxidation sites excluding steroid dienone is 2. The maximum Gasteiger partial charge on any atom is 0.224 e. The molecule has 46 heavy (non-hydrogen) atoms. The minimum absolute atomic E-state index is 0.0748. The van der Waals surface area contributed by atoms with E-state index in [4.69, 9.17) is 4.74 Å². The zero-order valence-corrected chi connectivity index (χ0v) is 29.9. The van der Waals surface area contributed by atoms with E-state index in [1.807, 2.05) is 0 Å². The minimum atomic E-state index is -1.36. The maximum absolute atomic E-state index is 13.6. The Hall–Kier alpha value is -1.48. The van der Waals surface area contributed by atoms with Crippen LogP contribution in [0.5, 0.6) is 0 Å². The molecule has 8 heteroatoms. The molecule has 5 atom stereocenters. The Bertz CT molecular complexity index is 778. The Kier molecular flexibility index (Phi) is 26.4. The summed E-state index contributed by atoms with van der Waals surface area (Å²) in [5, 5.41) is 33.8. The second-order valence-electron chi connectivity index (χ2n) is 13.6. The Morgan fingerprint density at radius 3 is 1.61 bits per heavy atom. The summed E-state index contributed by atoms with van der Waals surface area (Å²) in [5.41, 5.74) is 0. The van der Waals surface area contributed by atoms with E-state index in [2.05, 4.69) is 31.3 Å². The monoisotopic (exact) mass is 653 g/mol. The lowest BCUT2D eigenvalue weighted by molar-refractivity contribution is -0.231. The fourth-order valence-corrected chi connectivity index (χ4v) is 6.41. The highest BCUT2D eigenvalue weighted by molar-refractivity contribution is 5.77. The van der Waals surface area contributed by atoms with Crippen LogP contribution in [0.1, 0.15) is 175 Å². The standard InChI is InChI=1S/C38H72N2O6/c1-4-6-8-10-12-14-16-17-18-19-20-21-23-25-27-29-34(43)40(30-28-26-24-22-15-13-11-9-7-5-2)38-35(39-32(3)42)37(45)36(44)33(31-41)46-38/h17-18,33,35-38,41,44-45H,4-16,19-31H2,1-3H3,(H,39,42)/b18-17-/t33-,35-,36-,37-,38?/m1/s1. The van der Waals surface area contributed by atoms with E-state index in [0.29, 0.717) is 13.0 Å². The second-order valence-corrected chi connectivity index (χ2v) is 13.6. The summed E-state index contributed by atoms with van der Waals surface area (Å²) in [7, 11) is 0. The quantitative estimate of drug-likeness (QED) is 0.0485. The molecule has 1 unspecified atom stereocenters. The maximum atomic E-state index is 13.6. The van der Waals surface area contributed by atoms with Crippen LogP contribution in [0.25, 0.3) is 0 Å². The van der Waals surface area contributed by atoms with Gasteiger partial charge in [0.1, 0.15) is 24.4 Å². The lowest BCUT2D eigenvalue weighted by Crippen LogP contribution is -2.68. The molecule has 1 fully saturated rings. The first-order valence-electron chi connectivity index (χ1n) is 19.2. The molecule has 4 N–H and O–H groups in total. The Labute approximate surface area is 282 Å². The summed E-state index contributed by atoms with van der Waals surface area (Å²) in [6.07, 6.45) is 27.5.